The van der Waals surface area contributed by atoms with E-state index in [0.29, 0.717) is 28.1 Å². The van der Waals surface area contributed by atoms with Crippen LogP contribution in [0.5, 0.6) is 5.75 Å². The maximum Gasteiger partial charge on any atom is 0.336 e. The lowest BCUT2D eigenvalue weighted by molar-refractivity contribution is 0.296. The Kier molecular flexibility index (Phi) is 5.01. The number of anilines is 3. The third kappa shape index (κ3) is 4.44. The number of hydrogen-bond acceptors (Lipinski definition) is 8. The van der Waals surface area contributed by atoms with Crippen LogP contribution in [0.15, 0.2) is 57.7 Å². The summed E-state index contributed by atoms with van der Waals surface area (Å²) >= 11 is 6.05. The number of hydrogen-bond donors (Lipinski definition) is 2. The SMILES string of the molecule is Cc1cc(Nc2nc(N)nc(COc3ccc4ccc(=O)oc4c3)n2)ccc1Cl. The number of benzene rings is 2. The van der Waals surface area contributed by atoms with E-state index in [9.17, 15) is 4.79 Å². The second-order valence-corrected chi connectivity index (χ2v) is 6.67. The molecule has 2 aromatic carbocycles. The molecule has 29 heavy (non-hydrogen) atoms. The van der Waals surface area contributed by atoms with Crippen LogP contribution in [-0.2, 0) is 6.61 Å². The summed E-state index contributed by atoms with van der Waals surface area (Å²) in [6.45, 7) is 1.96. The molecule has 4 aromatic rings. The summed E-state index contributed by atoms with van der Waals surface area (Å²) in [5.74, 6) is 1.22. The average Bonchev–Trinajstić information content (AvgIpc) is 2.68. The minimum Gasteiger partial charge on any atom is -0.485 e. The summed E-state index contributed by atoms with van der Waals surface area (Å²) < 4.78 is 10.9. The molecule has 0 saturated carbocycles. The van der Waals surface area contributed by atoms with Crippen molar-refractivity contribution < 1.29 is 9.15 Å². The first kappa shape index (κ1) is 18.7. The summed E-state index contributed by atoms with van der Waals surface area (Å²) in [5.41, 5.74) is 7.50. The smallest absolute Gasteiger partial charge is 0.336 e. The molecule has 0 aliphatic heterocycles. The van der Waals surface area contributed by atoms with Crippen LogP contribution in [0.1, 0.15) is 11.4 Å². The van der Waals surface area contributed by atoms with Gasteiger partial charge in [-0.3, -0.25) is 0 Å². The number of nitrogens with two attached hydrogens (primary N) is 1. The van der Waals surface area contributed by atoms with Crippen molar-refractivity contribution in [3.05, 3.63) is 75.4 Å². The van der Waals surface area contributed by atoms with Gasteiger partial charge in [0.2, 0.25) is 11.9 Å². The van der Waals surface area contributed by atoms with Crippen molar-refractivity contribution in [3.8, 4) is 5.75 Å². The van der Waals surface area contributed by atoms with E-state index in [1.807, 2.05) is 19.1 Å². The molecule has 9 heteroatoms. The topological polar surface area (TPSA) is 116 Å². The first-order valence-electron chi connectivity index (χ1n) is 8.66. The minimum absolute atomic E-state index is 0.0591. The van der Waals surface area contributed by atoms with Crippen molar-refractivity contribution in [3.63, 3.8) is 0 Å². The van der Waals surface area contributed by atoms with Crippen molar-refractivity contribution in [1.29, 1.82) is 0 Å². The first-order chi connectivity index (χ1) is 14.0. The molecule has 0 bridgehead atoms. The summed E-state index contributed by atoms with van der Waals surface area (Å²) in [6, 6.07) is 13.7. The van der Waals surface area contributed by atoms with Crippen LogP contribution in [0.3, 0.4) is 0 Å². The molecule has 0 aliphatic carbocycles. The fourth-order valence-corrected chi connectivity index (χ4v) is 2.81. The molecule has 0 aliphatic rings. The van der Waals surface area contributed by atoms with Crippen LogP contribution in [0, 0.1) is 6.92 Å². The van der Waals surface area contributed by atoms with Gasteiger partial charge in [-0.05, 0) is 48.9 Å². The monoisotopic (exact) mass is 409 g/mol. The molecule has 0 amide bonds. The number of halogens is 1. The number of nitrogen functional groups attached to an aromatic ring is 1. The van der Waals surface area contributed by atoms with Crippen LogP contribution in [0.4, 0.5) is 17.6 Å². The Morgan fingerprint density at radius 3 is 2.76 bits per heavy atom. The van der Waals surface area contributed by atoms with Crippen molar-refractivity contribution in [1.82, 2.24) is 15.0 Å². The van der Waals surface area contributed by atoms with Crippen molar-refractivity contribution in [2.45, 2.75) is 13.5 Å². The van der Waals surface area contributed by atoms with E-state index in [-0.39, 0.29) is 12.6 Å². The van der Waals surface area contributed by atoms with Crippen molar-refractivity contribution in [2.75, 3.05) is 11.1 Å². The molecule has 3 N–H and O–H groups in total. The second kappa shape index (κ2) is 7.76. The van der Waals surface area contributed by atoms with E-state index in [0.717, 1.165) is 16.6 Å². The van der Waals surface area contributed by atoms with Gasteiger partial charge in [0.1, 0.15) is 17.9 Å². The van der Waals surface area contributed by atoms with Crippen LogP contribution in [-0.4, -0.2) is 15.0 Å². The zero-order valence-corrected chi connectivity index (χ0v) is 16.1. The van der Waals surface area contributed by atoms with E-state index < -0.39 is 5.63 Å². The lowest BCUT2D eigenvalue weighted by Gasteiger charge is -2.10. The predicted octanol–water partition coefficient (Wildman–Crippen LogP) is 3.84. The maximum absolute atomic E-state index is 11.4. The Morgan fingerprint density at radius 2 is 1.93 bits per heavy atom. The lowest BCUT2D eigenvalue weighted by atomic mass is 10.2. The number of rotatable bonds is 5. The Bertz CT molecular complexity index is 1260. The van der Waals surface area contributed by atoms with Gasteiger partial charge in [0.15, 0.2) is 5.82 Å². The fraction of sp³-hybridized carbons (Fsp3) is 0.100. The Labute approximate surface area is 170 Å². The van der Waals surface area contributed by atoms with Gasteiger partial charge in [-0.1, -0.05) is 11.6 Å². The maximum atomic E-state index is 11.4. The molecule has 146 valence electrons. The van der Waals surface area contributed by atoms with Crippen LogP contribution in [0.25, 0.3) is 11.0 Å². The summed E-state index contributed by atoms with van der Waals surface area (Å²) in [4.78, 5) is 23.9. The summed E-state index contributed by atoms with van der Waals surface area (Å²) in [6.07, 6.45) is 0. The second-order valence-electron chi connectivity index (χ2n) is 6.27. The van der Waals surface area contributed by atoms with Crippen LogP contribution in [0.2, 0.25) is 5.02 Å². The van der Waals surface area contributed by atoms with Gasteiger partial charge in [0.25, 0.3) is 0 Å². The molecule has 4 rings (SSSR count). The summed E-state index contributed by atoms with van der Waals surface area (Å²) in [7, 11) is 0. The largest absolute Gasteiger partial charge is 0.485 e. The molecule has 0 saturated heterocycles. The summed E-state index contributed by atoms with van der Waals surface area (Å²) in [5, 5.41) is 4.55. The number of nitrogens with zero attached hydrogens (tertiary/aromatic N) is 3. The van der Waals surface area contributed by atoms with Gasteiger partial charge in [0.05, 0.1) is 0 Å². The van der Waals surface area contributed by atoms with E-state index in [2.05, 4.69) is 20.3 Å². The number of nitrogens with one attached hydrogen (secondary N) is 1. The minimum atomic E-state index is -0.423. The third-order valence-electron chi connectivity index (χ3n) is 4.08. The van der Waals surface area contributed by atoms with E-state index in [4.69, 9.17) is 26.5 Å². The molecule has 0 atom stereocenters. The van der Waals surface area contributed by atoms with Crippen molar-refractivity contribution in [2.24, 2.45) is 0 Å². The van der Waals surface area contributed by atoms with Gasteiger partial charge in [0, 0.05) is 28.2 Å². The van der Waals surface area contributed by atoms with E-state index >= 15 is 0 Å². The lowest BCUT2D eigenvalue weighted by Crippen LogP contribution is -2.09. The molecule has 0 unspecified atom stereocenters. The zero-order valence-electron chi connectivity index (χ0n) is 15.3. The van der Waals surface area contributed by atoms with Gasteiger partial charge in [-0.2, -0.15) is 15.0 Å². The zero-order chi connectivity index (χ0) is 20.4. The molecule has 8 nitrogen and oxygen atoms in total. The number of fused-ring (bicyclic) bond motifs is 1. The molecule has 2 aromatic heterocycles. The van der Waals surface area contributed by atoms with Gasteiger partial charge < -0.3 is 20.2 Å². The molecule has 0 radical (unpaired) electrons. The van der Waals surface area contributed by atoms with Crippen LogP contribution < -0.4 is 21.4 Å². The molecular weight excluding hydrogens is 394 g/mol. The Balaban J connectivity index is 1.51. The fourth-order valence-electron chi connectivity index (χ4n) is 2.69. The standard InChI is InChI=1S/C20H16ClN5O3/c1-11-8-13(4-6-15(11)21)23-20-25-17(24-19(22)26-20)10-28-14-5-2-12-3-7-18(27)29-16(12)9-14/h2-9H,10H2,1H3,(H3,22,23,24,25,26). The van der Waals surface area contributed by atoms with E-state index in [1.54, 1.807) is 30.3 Å². The average molecular weight is 410 g/mol. The van der Waals surface area contributed by atoms with Crippen LogP contribution >= 0.6 is 11.6 Å². The Morgan fingerprint density at radius 1 is 1.10 bits per heavy atom. The number of ether oxygens (including phenoxy) is 1. The highest BCUT2D eigenvalue weighted by molar-refractivity contribution is 6.31. The number of aryl methyl sites for hydroxylation is 1. The normalized spacial score (nSPS) is 10.8. The first-order valence-corrected chi connectivity index (χ1v) is 9.04. The van der Waals surface area contributed by atoms with Gasteiger partial charge >= 0.3 is 5.63 Å². The molecule has 2 heterocycles. The highest BCUT2D eigenvalue weighted by Gasteiger charge is 2.08. The number of aromatic nitrogens is 3. The van der Waals surface area contributed by atoms with E-state index in [1.165, 1.54) is 6.07 Å². The van der Waals surface area contributed by atoms with Gasteiger partial charge in [-0.15, -0.1) is 0 Å². The third-order valence-corrected chi connectivity index (χ3v) is 4.50. The van der Waals surface area contributed by atoms with Gasteiger partial charge in [-0.25, -0.2) is 4.79 Å². The molecule has 0 fully saturated rings. The molecular formula is C20H16ClN5O3. The predicted molar refractivity (Wildman–Crippen MR) is 111 cm³/mol. The molecule has 0 spiro atoms. The highest BCUT2D eigenvalue weighted by Crippen LogP contribution is 2.22. The van der Waals surface area contributed by atoms with Crippen molar-refractivity contribution >= 4 is 40.2 Å². The highest BCUT2D eigenvalue weighted by atomic mass is 35.5. The quantitative estimate of drug-likeness (QED) is 0.477. The Hall–Kier alpha value is -3.65.